The monoisotopic (exact) mass is 433 g/mol. The molecule has 2 aromatic rings. The van der Waals surface area contributed by atoms with Crippen molar-refractivity contribution in [2.24, 2.45) is 0 Å². The van der Waals surface area contributed by atoms with E-state index in [-0.39, 0.29) is 24.9 Å². The molecule has 2 amide bonds. The van der Waals surface area contributed by atoms with Gasteiger partial charge in [0.15, 0.2) is 0 Å². The van der Waals surface area contributed by atoms with E-state index in [1.54, 1.807) is 0 Å². The molecule has 0 aromatic heterocycles. The van der Waals surface area contributed by atoms with Crippen LogP contribution in [0.1, 0.15) is 42.0 Å². The van der Waals surface area contributed by atoms with Crippen LogP contribution in [0.15, 0.2) is 42.5 Å². The van der Waals surface area contributed by atoms with Crippen LogP contribution in [0.4, 0.5) is 29.3 Å². The molecular weight excluding hydrogens is 407 g/mol. The highest BCUT2D eigenvalue weighted by Crippen LogP contribution is 2.38. The minimum Gasteiger partial charge on any atom is -0.395 e. The van der Waals surface area contributed by atoms with Gasteiger partial charge in [0, 0.05) is 19.6 Å². The molecule has 0 unspecified atom stereocenters. The Morgan fingerprint density at radius 2 is 1.90 bits per heavy atom. The van der Waals surface area contributed by atoms with Gasteiger partial charge < -0.3 is 20.2 Å². The second-order valence-corrected chi connectivity index (χ2v) is 8.02. The summed E-state index contributed by atoms with van der Waals surface area (Å²) >= 11 is 0. The summed E-state index contributed by atoms with van der Waals surface area (Å²) < 4.78 is 40.0. The minimum absolute atomic E-state index is 0.100. The number of aryl methyl sites for hydroxylation is 1. The predicted molar refractivity (Wildman–Crippen MR) is 113 cm³/mol. The lowest BCUT2D eigenvalue weighted by Crippen LogP contribution is -2.39. The SMILES string of the molecule is O=C(Nc1cc(C(F)(F)F)ccc1N1CCCC1)N(CCO)[C@@H]1CCc2ccccc21. The molecule has 1 aliphatic carbocycles. The van der Waals surface area contributed by atoms with Crippen molar-refractivity contribution in [2.45, 2.75) is 37.9 Å². The van der Waals surface area contributed by atoms with Crippen LogP contribution in [-0.2, 0) is 12.6 Å². The van der Waals surface area contributed by atoms with E-state index >= 15 is 0 Å². The van der Waals surface area contributed by atoms with E-state index < -0.39 is 17.8 Å². The summed E-state index contributed by atoms with van der Waals surface area (Å²) in [5.74, 6) is 0. The standard InChI is InChI=1S/C23H26F3N3O2/c24-23(25,26)17-8-10-21(28-11-3-4-12-28)19(15-17)27-22(31)29(13-14-30)20-9-7-16-5-1-2-6-18(16)20/h1-2,5-6,8,10,15,20,30H,3-4,7,9,11-14H2,(H,27,31)/t20-/m1/s1. The number of anilines is 2. The summed E-state index contributed by atoms with van der Waals surface area (Å²) in [6, 6.07) is 10.6. The van der Waals surface area contributed by atoms with Crippen LogP contribution < -0.4 is 10.2 Å². The highest BCUT2D eigenvalue weighted by Gasteiger charge is 2.34. The topological polar surface area (TPSA) is 55.8 Å². The average Bonchev–Trinajstić information content (AvgIpc) is 3.41. The normalized spacial score (nSPS) is 18.2. The largest absolute Gasteiger partial charge is 0.416 e. The Balaban J connectivity index is 1.64. The Hall–Kier alpha value is -2.74. The van der Waals surface area contributed by atoms with E-state index in [4.69, 9.17) is 0 Å². The molecule has 0 bridgehead atoms. The van der Waals surface area contributed by atoms with Crippen molar-refractivity contribution in [3.05, 3.63) is 59.2 Å². The zero-order valence-corrected chi connectivity index (χ0v) is 17.2. The lowest BCUT2D eigenvalue weighted by molar-refractivity contribution is -0.137. The third-order valence-corrected chi connectivity index (χ3v) is 6.09. The first kappa shape index (κ1) is 21.5. The number of carbonyl (C=O) groups is 1. The Kier molecular flexibility index (Phi) is 6.09. The molecule has 1 heterocycles. The molecule has 166 valence electrons. The Morgan fingerprint density at radius 3 is 2.61 bits per heavy atom. The van der Waals surface area contributed by atoms with Crippen molar-refractivity contribution >= 4 is 17.4 Å². The highest BCUT2D eigenvalue weighted by molar-refractivity contribution is 5.94. The van der Waals surface area contributed by atoms with Crippen LogP contribution in [0.2, 0.25) is 0 Å². The zero-order valence-electron chi connectivity index (χ0n) is 17.2. The summed E-state index contributed by atoms with van der Waals surface area (Å²) in [5.41, 5.74) is 2.12. The third kappa shape index (κ3) is 4.49. The number of hydrogen-bond acceptors (Lipinski definition) is 3. The molecule has 31 heavy (non-hydrogen) atoms. The van der Waals surface area contributed by atoms with Crippen LogP contribution in [0.5, 0.6) is 0 Å². The van der Waals surface area contributed by atoms with E-state index in [0.717, 1.165) is 55.6 Å². The molecule has 1 saturated heterocycles. The molecule has 0 saturated carbocycles. The van der Waals surface area contributed by atoms with Crippen LogP contribution in [0, 0.1) is 0 Å². The molecule has 5 nitrogen and oxygen atoms in total. The van der Waals surface area contributed by atoms with Crippen LogP contribution in [-0.4, -0.2) is 42.3 Å². The number of amides is 2. The maximum atomic E-state index is 13.3. The van der Waals surface area contributed by atoms with Gasteiger partial charge in [-0.3, -0.25) is 0 Å². The summed E-state index contributed by atoms with van der Waals surface area (Å²) in [6.07, 6.45) is -1.04. The van der Waals surface area contributed by atoms with E-state index in [1.807, 2.05) is 29.2 Å². The van der Waals surface area contributed by atoms with Gasteiger partial charge in [-0.25, -0.2) is 4.79 Å². The number of hydrogen-bond donors (Lipinski definition) is 2. The Bertz CT molecular complexity index is 942. The van der Waals surface area contributed by atoms with Gasteiger partial charge in [0.25, 0.3) is 0 Å². The molecule has 8 heteroatoms. The van der Waals surface area contributed by atoms with E-state index in [2.05, 4.69) is 5.32 Å². The van der Waals surface area contributed by atoms with E-state index in [9.17, 15) is 23.1 Å². The number of halogens is 3. The quantitative estimate of drug-likeness (QED) is 0.711. The van der Waals surface area contributed by atoms with Gasteiger partial charge in [0.2, 0.25) is 0 Å². The number of nitrogens with zero attached hydrogens (tertiary/aromatic N) is 2. The van der Waals surface area contributed by atoms with Crippen LogP contribution in [0.3, 0.4) is 0 Å². The average molecular weight is 433 g/mol. The molecule has 0 spiro atoms. The van der Waals surface area contributed by atoms with Crippen molar-refractivity contribution in [1.29, 1.82) is 0 Å². The molecule has 2 aliphatic rings. The van der Waals surface area contributed by atoms with Crippen LogP contribution in [0.25, 0.3) is 0 Å². The molecule has 2 N–H and O–H groups in total. The van der Waals surface area contributed by atoms with Gasteiger partial charge in [-0.15, -0.1) is 0 Å². The number of benzene rings is 2. The number of carbonyl (C=O) groups excluding carboxylic acids is 1. The fraction of sp³-hybridized carbons (Fsp3) is 0.435. The van der Waals surface area contributed by atoms with Gasteiger partial charge in [-0.2, -0.15) is 13.2 Å². The van der Waals surface area contributed by atoms with Crippen molar-refractivity contribution in [2.75, 3.05) is 36.5 Å². The van der Waals surface area contributed by atoms with Gasteiger partial charge in [-0.1, -0.05) is 24.3 Å². The predicted octanol–water partition coefficient (Wildman–Crippen LogP) is 4.82. The number of fused-ring (bicyclic) bond motifs is 1. The number of aliphatic hydroxyl groups is 1. The van der Waals surface area contributed by atoms with E-state index in [0.29, 0.717) is 12.1 Å². The van der Waals surface area contributed by atoms with Gasteiger partial charge >= 0.3 is 12.2 Å². The zero-order chi connectivity index (χ0) is 22.0. The lowest BCUT2D eigenvalue weighted by Gasteiger charge is -2.30. The summed E-state index contributed by atoms with van der Waals surface area (Å²) in [4.78, 5) is 16.8. The van der Waals surface area contributed by atoms with Crippen molar-refractivity contribution in [1.82, 2.24) is 4.90 Å². The lowest BCUT2D eigenvalue weighted by atomic mass is 10.1. The summed E-state index contributed by atoms with van der Waals surface area (Å²) in [5, 5.41) is 12.3. The molecule has 4 rings (SSSR count). The van der Waals surface area contributed by atoms with E-state index in [1.165, 1.54) is 11.0 Å². The second kappa shape index (κ2) is 8.78. The molecule has 1 fully saturated rings. The number of urea groups is 1. The van der Waals surface area contributed by atoms with Crippen molar-refractivity contribution in [3.63, 3.8) is 0 Å². The third-order valence-electron chi connectivity index (χ3n) is 6.09. The number of aliphatic hydroxyl groups excluding tert-OH is 1. The first-order chi connectivity index (χ1) is 14.9. The maximum Gasteiger partial charge on any atom is 0.416 e. The minimum atomic E-state index is -4.50. The molecular formula is C23H26F3N3O2. The first-order valence-corrected chi connectivity index (χ1v) is 10.6. The van der Waals surface area contributed by atoms with Gasteiger partial charge in [0.05, 0.1) is 29.6 Å². The Labute approximate surface area is 179 Å². The second-order valence-electron chi connectivity index (χ2n) is 8.02. The van der Waals surface area contributed by atoms with Crippen molar-refractivity contribution in [3.8, 4) is 0 Å². The Morgan fingerprint density at radius 1 is 1.16 bits per heavy atom. The van der Waals surface area contributed by atoms with Crippen LogP contribution >= 0.6 is 0 Å². The number of alkyl halides is 3. The number of nitrogens with one attached hydrogen (secondary N) is 1. The fourth-order valence-corrected chi connectivity index (χ4v) is 4.60. The summed E-state index contributed by atoms with van der Waals surface area (Å²) in [6.45, 7) is 1.35. The molecule has 1 aliphatic heterocycles. The highest BCUT2D eigenvalue weighted by atomic mass is 19.4. The van der Waals surface area contributed by atoms with Crippen molar-refractivity contribution < 1.29 is 23.1 Å². The van der Waals surface area contributed by atoms with Gasteiger partial charge in [-0.05, 0) is 55.0 Å². The molecule has 1 atom stereocenters. The van der Waals surface area contributed by atoms with Gasteiger partial charge in [0.1, 0.15) is 0 Å². The smallest absolute Gasteiger partial charge is 0.395 e. The molecule has 0 radical (unpaired) electrons. The fourth-order valence-electron chi connectivity index (χ4n) is 4.60. The molecule has 2 aromatic carbocycles. The maximum absolute atomic E-state index is 13.3. The summed E-state index contributed by atoms with van der Waals surface area (Å²) in [7, 11) is 0. The first-order valence-electron chi connectivity index (χ1n) is 10.6. The number of rotatable bonds is 5.